The van der Waals surface area contributed by atoms with E-state index in [-0.39, 0.29) is 5.69 Å². The quantitative estimate of drug-likeness (QED) is 0.744. The molecule has 0 aliphatic heterocycles. The summed E-state index contributed by atoms with van der Waals surface area (Å²) in [7, 11) is 3.37. The monoisotopic (exact) mass is 207 g/mol. The zero-order valence-corrected chi connectivity index (χ0v) is 8.25. The lowest BCUT2D eigenvalue weighted by Crippen LogP contribution is -2.04. The minimum absolute atomic E-state index is 0.0684. The molecular formula is C8H9N5O2. The number of carboxylic acids is 1. The summed E-state index contributed by atoms with van der Waals surface area (Å²) in [6, 6.07) is 1.71. The van der Waals surface area contributed by atoms with Crippen LogP contribution >= 0.6 is 0 Å². The highest BCUT2D eigenvalue weighted by Crippen LogP contribution is 2.20. The molecule has 7 heteroatoms. The lowest BCUT2D eigenvalue weighted by Gasteiger charge is -2.02. The first-order valence-corrected chi connectivity index (χ1v) is 4.22. The summed E-state index contributed by atoms with van der Waals surface area (Å²) in [5.41, 5.74) is 1.04. The molecule has 0 saturated heterocycles. The number of aromatic carboxylic acids is 1. The van der Waals surface area contributed by atoms with Crippen molar-refractivity contribution in [3.63, 3.8) is 0 Å². The summed E-state index contributed by atoms with van der Waals surface area (Å²) in [6.07, 6.45) is 1.59. The van der Waals surface area contributed by atoms with Gasteiger partial charge < -0.3 is 5.11 Å². The first-order chi connectivity index (χ1) is 7.11. The average molecular weight is 207 g/mol. The predicted octanol–water partition coefficient (Wildman–Crippen LogP) is -0.0862. The molecule has 0 aliphatic carbocycles. The Morgan fingerprint density at radius 3 is 2.67 bits per heavy atom. The highest BCUT2D eigenvalue weighted by Gasteiger charge is 2.20. The van der Waals surface area contributed by atoms with Crippen molar-refractivity contribution in [2.75, 3.05) is 0 Å². The molecule has 0 spiro atoms. The van der Waals surface area contributed by atoms with Crippen LogP contribution in [0.2, 0.25) is 0 Å². The molecule has 0 amide bonds. The number of carbonyl (C=O) groups is 1. The number of aryl methyl sites for hydroxylation is 2. The molecule has 0 aliphatic rings. The van der Waals surface area contributed by atoms with E-state index < -0.39 is 5.97 Å². The van der Waals surface area contributed by atoms with Crippen LogP contribution in [0.25, 0.3) is 11.4 Å². The van der Waals surface area contributed by atoms with Crippen molar-refractivity contribution >= 4 is 5.97 Å². The molecule has 2 heterocycles. The van der Waals surface area contributed by atoms with Crippen molar-refractivity contribution in [1.29, 1.82) is 0 Å². The maximum absolute atomic E-state index is 10.9. The molecule has 1 N–H and O–H groups in total. The molecule has 0 atom stereocenters. The molecule has 2 aromatic heterocycles. The van der Waals surface area contributed by atoms with Gasteiger partial charge in [0, 0.05) is 20.3 Å². The molecule has 0 unspecified atom stereocenters. The van der Waals surface area contributed by atoms with Crippen molar-refractivity contribution in [2.24, 2.45) is 14.1 Å². The van der Waals surface area contributed by atoms with E-state index in [4.69, 9.17) is 5.11 Å². The van der Waals surface area contributed by atoms with Gasteiger partial charge in [-0.1, -0.05) is 5.21 Å². The van der Waals surface area contributed by atoms with Gasteiger partial charge in [-0.05, 0) is 6.07 Å². The van der Waals surface area contributed by atoms with Gasteiger partial charge in [-0.3, -0.25) is 4.68 Å². The minimum atomic E-state index is -1.10. The minimum Gasteiger partial charge on any atom is -0.476 e. The fourth-order valence-electron chi connectivity index (χ4n) is 1.39. The van der Waals surface area contributed by atoms with Crippen molar-refractivity contribution in [3.05, 3.63) is 18.0 Å². The standard InChI is InChI=1S/C8H9N5O2/c1-12-5(3-4-9-12)7-6(8(14)15)10-11-13(7)2/h3-4H,1-2H3,(H,14,15). The first-order valence-electron chi connectivity index (χ1n) is 4.22. The van der Waals surface area contributed by atoms with Crippen LogP contribution in [0.15, 0.2) is 12.3 Å². The molecule has 78 valence electrons. The Labute approximate surface area is 84.9 Å². The van der Waals surface area contributed by atoms with Crippen LogP contribution < -0.4 is 0 Å². The number of hydrogen-bond acceptors (Lipinski definition) is 4. The third kappa shape index (κ3) is 1.37. The largest absolute Gasteiger partial charge is 0.476 e. The summed E-state index contributed by atoms with van der Waals surface area (Å²) in [6.45, 7) is 0. The van der Waals surface area contributed by atoms with Gasteiger partial charge in [0.05, 0.1) is 5.69 Å². The molecule has 0 saturated carbocycles. The Bertz CT molecular complexity index is 513. The lowest BCUT2D eigenvalue weighted by molar-refractivity contribution is 0.0691. The van der Waals surface area contributed by atoms with E-state index >= 15 is 0 Å². The third-order valence-electron chi connectivity index (χ3n) is 2.09. The van der Waals surface area contributed by atoms with Crippen molar-refractivity contribution in [3.8, 4) is 11.4 Å². The van der Waals surface area contributed by atoms with E-state index in [1.54, 1.807) is 31.0 Å². The molecule has 0 aromatic carbocycles. The van der Waals surface area contributed by atoms with Crippen LogP contribution in [0.5, 0.6) is 0 Å². The summed E-state index contributed by atoms with van der Waals surface area (Å²) < 4.78 is 2.99. The maximum atomic E-state index is 10.9. The topological polar surface area (TPSA) is 85.8 Å². The average Bonchev–Trinajstić information content (AvgIpc) is 2.71. The van der Waals surface area contributed by atoms with E-state index in [1.165, 1.54) is 4.68 Å². The van der Waals surface area contributed by atoms with Gasteiger partial charge in [-0.25, -0.2) is 9.48 Å². The fraction of sp³-hybridized carbons (Fsp3) is 0.250. The second kappa shape index (κ2) is 3.19. The fourth-order valence-corrected chi connectivity index (χ4v) is 1.39. The van der Waals surface area contributed by atoms with Crippen molar-refractivity contribution in [2.45, 2.75) is 0 Å². The zero-order valence-electron chi connectivity index (χ0n) is 8.25. The Kier molecular flexibility index (Phi) is 2.00. The van der Waals surface area contributed by atoms with Gasteiger partial charge in [0.25, 0.3) is 0 Å². The van der Waals surface area contributed by atoms with Gasteiger partial charge in [0.1, 0.15) is 5.69 Å². The molecule has 0 bridgehead atoms. The molecule has 7 nitrogen and oxygen atoms in total. The third-order valence-corrected chi connectivity index (χ3v) is 2.09. The van der Waals surface area contributed by atoms with E-state index in [2.05, 4.69) is 15.4 Å². The Balaban J connectivity index is 2.66. The van der Waals surface area contributed by atoms with Gasteiger partial charge in [0.2, 0.25) is 0 Å². The van der Waals surface area contributed by atoms with E-state index in [0.717, 1.165) is 0 Å². The van der Waals surface area contributed by atoms with Gasteiger partial charge >= 0.3 is 5.97 Å². The normalized spacial score (nSPS) is 10.5. The predicted molar refractivity (Wildman–Crippen MR) is 50.2 cm³/mol. The Hall–Kier alpha value is -2.18. The Morgan fingerprint density at radius 2 is 2.13 bits per heavy atom. The van der Waals surface area contributed by atoms with Crippen LogP contribution in [0.3, 0.4) is 0 Å². The van der Waals surface area contributed by atoms with Crippen LogP contribution in [-0.4, -0.2) is 35.9 Å². The van der Waals surface area contributed by atoms with E-state index in [0.29, 0.717) is 11.4 Å². The van der Waals surface area contributed by atoms with Gasteiger partial charge in [-0.2, -0.15) is 5.10 Å². The summed E-state index contributed by atoms with van der Waals surface area (Å²) >= 11 is 0. The summed E-state index contributed by atoms with van der Waals surface area (Å²) in [5.74, 6) is -1.10. The van der Waals surface area contributed by atoms with Gasteiger partial charge in [-0.15, -0.1) is 5.10 Å². The van der Waals surface area contributed by atoms with Crippen molar-refractivity contribution in [1.82, 2.24) is 24.8 Å². The molecule has 2 aromatic rings. The molecule has 0 radical (unpaired) electrons. The van der Waals surface area contributed by atoms with Crippen molar-refractivity contribution < 1.29 is 9.90 Å². The first kappa shape index (κ1) is 9.38. The SMILES string of the molecule is Cn1nccc1-c1c(C(=O)O)nnn1C. The van der Waals surface area contributed by atoms with Crippen LogP contribution in [0.1, 0.15) is 10.5 Å². The highest BCUT2D eigenvalue weighted by atomic mass is 16.4. The van der Waals surface area contributed by atoms with Crippen LogP contribution in [-0.2, 0) is 14.1 Å². The highest BCUT2D eigenvalue weighted by molar-refractivity contribution is 5.92. The molecule has 0 fully saturated rings. The Morgan fingerprint density at radius 1 is 1.40 bits per heavy atom. The number of aromatic nitrogens is 5. The van der Waals surface area contributed by atoms with Crippen LogP contribution in [0.4, 0.5) is 0 Å². The molecule has 15 heavy (non-hydrogen) atoms. The molecule has 2 rings (SSSR count). The van der Waals surface area contributed by atoms with Crippen LogP contribution in [0, 0.1) is 0 Å². The van der Waals surface area contributed by atoms with E-state index in [1.807, 2.05) is 0 Å². The lowest BCUT2D eigenvalue weighted by atomic mass is 10.2. The zero-order chi connectivity index (χ0) is 11.0. The number of rotatable bonds is 2. The molecular weight excluding hydrogens is 198 g/mol. The van der Waals surface area contributed by atoms with Gasteiger partial charge in [0.15, 0.2) is 5.69 Å². The second-order valence-electron chi connectivity index (χ2n) is 3.06. The summed E-state index contributed by atoms with van der Waals surface area (Å²) in [4.78, 5) is 10.9. The summed E-state index contributed by atoms with van der Waals surface area (Å²) in [5, 5.41) is 20.2. The number of hydrogen-bond donors (Lipinski definition) is 1. The number of nitrogens with zero attached hydrogens (tertiary/aromatic N) is 5. The smallest absolute Gasteiger partial charge is 0.358 e. The van der Waals surface area contributed by atoms with E-state index in [9.17, 15) is 4.79 Å². The number of carboxylic acid groups (broad SMARTS) is 1. The second-order valence-corrected chi connectivity index (χ2v) is 3.06. The maximum Gasteiger partial charge on any atom is 0.358 e.